The molecule has 0 saturated carbocycles. The van der Waals surface area contributed by atoms with Gasteiger partial charge in [-0.25, -0.2) is 4.79 Å². The zero-order valence-corrected chi connectivity index (χ0v) is 20.6. The first-order valence-corrected chi connectivity index (χ1v) is 11.5. The topological polar surface area (TPSA) is 141 Å². The number of rotatable bonds is 10. The minimum atomic E-state index is -1.20. The van der Waals surface area contributed by atoms with Crippen molar-refractivity contribution >= 4 is 23.7 Å². The highest BCUT2D eigenvalue weighted by molar-refractivity contribution is 6.14. The number of hydrogen-bond acceptors (Lipinski definition) is 8. The first kappa shape index (κ1) is 26.1. The van der Waals surface area contributed by atoms with Crippen molar-refractivity contribution in [3.63, 3.8) is 0 Å². The van der Waals surface area contributed by atoms with Crippen molar-refractivity contribution in [2.75, 3.05) is 20.8 Å². The molecular formula is C28H25NO9. The van der Waals surface area contributed by atoms with E-state index in [1.807, 2.05) is 0 Å². The number of fused-ring (bicyclic) bond motifs is 1. The van der Waals surface area contributed by atoms with Crippen molar-refractivity contribution in [1.29, 1.82) is 0 Å². The Hall–Kier alpha value is -4.99. The number of benzene rings is 3. The van der Waals surface area contributed by atoms with E-state index in [9.17, 15) is 24.6 Å². The summed E-state index contributed by atoms with van der Waals surface area (Å²) in [6, 6.07) is 14.6. The first-order valence-electron chi connectivity index (χ1n) is 11.5. The summed E-state index contributed by atoms with van der Waals surface area (Å²) < 4.78 is 21.8. The largest absolute Gasteiger partial charge is 0.508 e. The number of carboxylic acid groups (broad SMARTS) is 1. The van der Waals surface area contributed by atoms with E-state index in [4.69, 9.17) is 18.9 Å². The number of aromatic hydroxyl groups is 1. The highest BCUT2D eigenvalue weighted by atomic mass is 16.5. The van der Waals surface area contributed by atoms with Crippen LogP contribution in [-0.4, -0.2) is 54.7 Å². The van der Waals surface area contributed by atoms with E-state index in [2.05, 4.69) is 5.32 Å². The van der Waals surface area contributed by atoms with Gasteiger partial charge in [-0.2, -0.15) is 0 Å². The minimum absolute atomic E-state index is 0.0331. The quantitative estimate of drug-likeness (QED) is 0.344. The van der Waals surface area contributed by atoms with E-state index >= 15 is 0 Å². The summed E-state index contributed by atoms with van der Waals surface area (Å²) in [6.07, 6.45) is 1.61. The molecule has 1 amide bonds. The van der Waals surface area contributed by atoms with Crippen LogP contribution in [0.25, 0.3) is 6.08 Å². The number of aliphatic carboxylic acids is 1. The van der Waals surface area contributed by atoms with E-state index in [0.29, 0.717) is 28.2 Å². The molecule has 3 aromatic rings. The fourth-order valence-corrected chi connectivity index (χ4v) is 3.80. The molecule has 0 radical (unpaired) electrons. The van der Waals surface area contributed by atoms with Gasteiger partial charge in [0.1, 0.15) is 23.3 Å². The average Bonchev–Trinajstić information content (AvgIpc) is 3.22. The number of methoxy groups -OCH3 is 2. The lowest BCUT2D eigenvalue weighted by Gasteiger charge is -2.15. The Kier molecular flexibility index (Phi) is 7.81. The summed E-state index contributed by atoms with van der Waals surface area (Å²) in [4.78, 5) is 36.7. The fraction of sp³-hybridized carbons (Fsp3) is 0.179. The Labute approximate surface area is 218 Å². The van der Waals surface area contributed by atoms with Crippen LogP contribution >= 0.6 is 0 Å². The molecular weight excluding hydrogens is 494 g/mol. The second-order valence-electron chi connectivity index (χ2n) is 8.33. The number of Topliss-reactive ketones (excluding diaryl/α,β-unsaturated/α-hetero) is 1. The van der Waals surface area contributed by atoms with Crippen molar-refractivity contribution in [1.82, 2.24) is 5.32 Å². The molecule has 0 saturated heterocycles. The Morgan fingerprint density at radius 1 is 1.00 bits per heavy atom. The zero-order chi connectivity index (χ0) is 27.2. The second-order valence-corrected chi connectivity index (χ2v) is 8.33. The van der Waals surface area contributed by atoms with Crippen molar-refractivity contribution < 1.29 is 43.5 Å². The molecule has 1 heterocycles. The van der Waals surface area contributed by atoms with Crippen molar-refractivity contribution in [2.45, 2.75) is 12.5 Å². The molecule has 1 atom stereocenters. The van der Waals surface area contributed by atoms with E-state index in [1.54, 1.807) is 36.4 Å². The lowest BCUT2D eigenvalue weighted by molar-refractivity contribution is -0.142. The fourth-order valence-electron chi connectivity index (χ4n) is 3.80. The smallest absolute Gasteiger partial charge is 0.326 e. The van der Waals surface area contributed by atoms with Crippen LogP contribution in [0.15, 0.2) is 66.4 Å². The SMILES string of the molecule is COc1ccc(/C=C2\Oc3cc(OCC(=O)N[C@@H](Cc4ccc(O)cc4)C(=O)O)ccc3C2=O)cc1OC. The van der Waals surface area contributed by atoms with E-state index in [0.717, 1.165) is 0 Å². The Balaban J connectivity index is 1.38. The third kappa shape index (κ3) is 6.04. The number of carbonyl (C=O) groups excluding carboxylic acids is 2. The molecule has 3 aromatic carbocycles. The van der Waals surface area contributed by atoms with Crippen LogP contribution in [0.5, 0.6) is 28.7 Å². The number of nitrogens with one attached hydrogen (secondary N) is 1. The molecule has 0 bridgehead atoms. The third-order valence-electron chi connectivity index (χ3n) is 5.73. The summed E-state index contributed by atoms with van der Waals surface area (Å²) in [5.74, 6) is -0.378. The third-order valence-corrected chi connectivity index (χ3v) is 5.73. The number of carboxylic acids is 1. The zero-order valence-electron chi connectivity index (χ0n) is 20.6. The maximum atomic E-state index is 12.8. The second kappa shape index (κ2) is 11.4. The van der Waals surface area contributed by atoms with E-state index in [-0.39, 0.29) is 35.2 Å². The highest BCUT2D eigenvalue weighted by Crippen LogP contribution is 2.36. The van der Waals surface area contributed by atoms with Crippen LogP contribution in [0.4, 0.5) is 0 Å². The summed E-state index contributed by atoms with van der Waals surface area (Å²) in [5, 5.41) is 21.3. The standard InChI is InChI=1S/C28H25NO9/c1-35-22-10-5-17(12-24(22)36-2)13-25-27(32)20-9-8-19(14-23(20)38-25)37-15-26(31)29-21(28(33)34)11-16-3-6-18(30)7-4-16/h3-10,12-14,21,30H,11,15H2,1-2H3,(H,29,31)(H,33,34)/b25-13-/t21-/m0/s1. The summed E-state index contributed by atoms with van der Waals surface area (Å²) >= 11 is 0. The lowest BCUT2D eigenvalue weighted by atomic mass is 10.1. The molecule has 3 N–H and O–H groups in total. The number of ether oxygens (including phenoxy) is 4. The van der Waals surface area contributed by atoms with Gasteiger partial charge in [-0.3, -0.25) is 9.59 Å². The Morgan fingerprint density at radius 2 is 1.74 bits per heavy atom. The predicted molar refractivity (Wildman–Crippen MR) is 136 cm³/mol. The van der Waals surface area contributed by atoms with E-state index < -0.39 is 24.5 Å². The van der Waals surface area contributed by atoms with Crippen molar-refractivity contribution in [2.24, 2.45) is 0 Å². The number of carbonyl (C=O) groups is 3. The normalized spacial score (nSPS) is 13.8. The van der Waals surface area contributed by atoms with Crippen LogP contribution in [0.1, 0.15) is 21.5 Å². The lowest BCUT2D eigenvalue weighted by Crippen LogP contribution is -2.44. The summed E-state index contributed by atoms with van der Waals surface area (Å²) in [5.41, 5.74) is 1.65. The van der Waals surface area contributed by atoms with Gasteiger partial charge in [-0.15, -0.1) is 0 Å². The molecule has 0 aromatic heterocycles. The van der Waals surface area contributed by atoms with Gasteiger partial charge in [0.15, 0.2) is 23.9 Å². The predicted octanol–water partition coefficient (Wildman–Crippen LogP) is 3.22. The monoisotopic (exact) mass is 519 g/mol. The van der Waals surface area contributed by atoms with Gasteiger partial charge in [-0.05, 0) is 53.6 Å². The maximum absolute atomic E-state index is 12.8. The Morgan fingerprint density at radius 3 is 2.42 bits per heavy atom. The number of phenols is 1. The number of amides is 1. The number of allylic oxidation sites excluding steroid dienone is 1. The number of hydrogen-bond donors (Lipinski definition) is 3. The van der Waals surface area contributed by atoms with Crippen molar-refractivity contribution in [3.8, 4) is 28.7 Å². The van der Waals surface area contributed by atoms with Gasteiger partial charge in [0, 0.05) is 12.5 Å². The molecule has 0 unspecified atom stereocenters. The molecule has 10 nitrogen and oxygen atoms in total. The van der Waals surface area contributed by atoms with Gasteiger partial charge in [0.2, 0.25) is 5.78 Å². The molecule has 0 fully saturated rings. The maximum Gasteiger partial charge on any atom is 0.326 e. The molecule has 1 aliphatic heterocycles. The van der Waals surface area contributed by atoms with Crippen LogP contribution in [0.3, 0.4) is 0 Å². The molecule has 196 valence electrons. The van der Waals surface area contributed by atoms with Gasteiger partial charge >= 0.3 is 5.97 Å². The number of phenolic OH excluding ortho intramolecular Hbond substituents is 1. The minimum Gasteiger partial charge on any atom is -0.508 e. The summed E-state index contributed by atoms with van der Waals surface area (Å²) in [7, 11) is 3.04. The van der Waals surface area contributed by atoms with Gasteiger partial charge in [0.25, 0.3) is 5.91 Å². The van der Waals surface area contributed by atoms with Crippen LogP contribution < -0.4 is 24.3 Å². The molecule has 10 heteroatoms. The molecule has 0 aliphatic carbocycles. The number of ketones is 1. The van der Waals surface area contributed by atoms with Gasteiger partial charge < -0.3 is 34.5 Å². The highest BCUT2D eigenvalue weighted by Gasteiger charge is 2.28. The first-order chi connectivity index (χ1) is 18.3. The molecule has 4 rings (SSSR count). The molecule has 1 aliphatic rings. The van der Waals surface area contributed by atoms with Gasteiger partial charge in [0.05, 0.1) is 19.8 Å². The van der Waals surface area contributed by atoms with Crippen LogP contribution in [0, 0.1) is 0 Å². The van der Waals surface area contributed by atoms with E-state index in [1.165, 1.54) is 44.6 Å². The molecule has 0 spiro atoms. The summed E-state index contributed by atoms with van der Waals surface area (Å²) in [6.45, 7) is -0.444. The van der Waals surface area contributed by atoms with Crippen LogP contribution in [-0.2, 0) is 16.0 Å². The van der Waals surface area contributed by atoms with Crippen LogP contribution in [0.2, 0.25) is 0 Å². The van der Waals surface area contributed by atoms with Gasteiger partial charge in [-0.1, -0.05) is 18.2 Å². The Bertz CT molecular complexity index is 1400. The average molecular weight is 520 g/mol. The molecule has 38 heavy (non-hydrogen) atoms. The van der Waals surface area contributed by atoms with Crippen molar-refractivity contribution in [3.05, 3.63) is 83.1 Å².